The maximum Gasteiger partial charge on any atom is 0.343 e. The topological polar surface area (TPSA) is 140 Å². The lowest BCUT2D eigenvalue weighted by atomic mass is 10.0. The van der Waals surface area contributed by atoms with Gasteiger partial charge >= 0.3 is 11.9 Å². The molecule has 0 unspecified atom stereocenters. The third-order valence-electron chi connectivity index (χ3n) is 8.04. The largest absolute Gasteiger partial charge is 0.496 e. The molecule has 4 aromatic rings. The van der Waals surface area contributed by atoms with Crippen LogP contribution in [0.3, 0.4) is 0 Å². The Labute approximate surface area is 292 Å². The molecule has 0 aliphatic carbocycles. The van der Waals surface area contributed by atoms with Gasteiger partial charge in [0.05, 0.1) is 25.7 Å². The molecular weight excluding hydrogens is 636 g/mol. The normalized spacial score (nSPS) is 11.3. The number of aryl methyl sites for hydroxylation is 1. The van der Waals surface area contributed by atoms with Gasteiger partial charge in [0, 0.05) is 17.7 Å². The summed E-state index contributed by atoms with van der Waals surface area (Å²) in [7, 11) is 1.59. The van der Waals surface area contributed by atoms with E-state index in [2.05, 4.69) is 17.6 Å². The zero-order chi connectivity index (χ0) is 35.9. The molecule has 0 radical (unpaired) electrons. The Morgan fingerprint density at radius 2 is 1.40 bits per heavy atom. The van der Waals surface area contributed by atoms with E-state index in [0.29, 0.717) is 34.9 Å². The van der Waals surface area contributed by atoms with Crippen LogP contribution in [0.2, 0.25) is 0 Å². The Morgan fingerprint density at radius 3 is 2.04 bits per heavy atom. The summed E-state index contributed by atoms with van der Waals surface area (Å²) >= 11 is 0. The minimum Gasteiger partial charge on any atom is -0.496 e. The number of hydrogen-bond donors (Lipinski definition) is 3. The van der Waals surface area contributed by atoms with Crippen LogP contribution < -0.4 is 24.8 Å². The number of carbonyl (C=O) groups excluding carboxylic acids is 3. The number of ether oxygens (including phenoxy) is 3. The maximum absolute atomic E-state index is 12.9. The van der Waals surface area contributed by atoms with Crippen molar-refractivity contribution in [1.29, 1.82) is 0 Å². The van der Waals surface area contributed by atoms with E-state index in [1.165, 1.54) is 31.4 Å². The first-order chi connectivity index (χ1) is 24.1. The van der Waals surface area contributed by atoms with Crippen molar-refractivity contribution in [1.82, 2.24) is 5.32 Å². The predicted molar refractivity (Wildman–Crippen MR) is 191 cm³/mol. The Hall–Kier alpha value is -5.64. The molecule has 50 heavy (non-hydrogen) atoms. The first-order valence-electron chi connectivity index (χ1n) is 16.8. The van der Waals surface area contributed by atoms with Crippen molar-refractivity contribution in [3.8, 4) is 17.2 Å². The van der Waals surface area contributed by atoms with Gasteiger partial charge in [0.25, 0.3) is 5.91 Å². The third kappa shape index (κ3) is 11.5. The molecule has 0 saturated heterocycles. The van der Waals surface area contributed by atoms with E-state index in [-0.39, 0.29) is 24.3 Å². The average Bonchev–Trinajstić information content (AvgIpc) is 3.10. The number of rotatable bonds is 18. The molecule has 1 atom stereocenters. The van der Waals surface area contributed by atoms with Gasteiger partial charge in [-0.25, -0.2) is 9.59 Å². The molecule has 4 rings (SSSR count). The molecule has 4 aromatic carbocycles. The molecule has 3 N–H and O–H groups in total. The molecule has 10 heteroatoms. The number of unbranched alkanes of at least 4 members (excludes halogenated alkanes) is 4. The highest BCUT2D eigenvalue weighted by atomic mass is 16.5. The fourth-order valence-electron chi connectivity index (χ4n) is 5.27. The van der Waals surface area contributed by atoms with Crippen molar-refractivity contribution in [2.75, 3.05) is 19.0 Å². The summed E-state index contributed by atoms with van der Waals surface area (Å²) in [5, 5.41) is 15.2. The molecule has 0 spiro atoms. The second kappa shape index (κ2) is 18.8. The summed E-state index contributed by atoms with van der Waals surface area (Å²) in [5.74, 6) is -0.782. The number of carboxylic acid groups (broad SMARTS) is 1. The van der Waals surface area contributed by atoms with Crippen LogP contribution in [-0.2, 0) is 22.4 Å². The molecule has 0 aliphatic heterocycles. The lowest BCUT2D eigenvalue weighted by Gasteiger charge is -2.15. The molecule has 0 fully saturated rings. The summed E-state index contributed by atoms with van der Waals surface area (Å²) in [5.41, 5.74) is 3.50. The Kier molecular flexibility index (Phi) is 14.0. The number of aliphatic carboxylic acids is 1. The highest BCUT2D eigenvalue weighted by Crippen LogP contribution is 2.20. The van der Waals surface area contributed by atoms with E-state index >= 15 is 0 Å². The number of amides is 2. The van der Waals surface area contributed by atoms with E-state index in [4.69, 9.17) is 14.2 Å². The lowest BCUT2D eigenvalue weighted by molar-refractivity contribution is -0.139. The molecule has 0 aromatic heterocycles. The number of esters is 1. The number of methoxy groups -OCH3 is 1. The molecule has 0 saturated carbocycles. The van der Waals surface area contributed by atoms with Crippen LogP contribution in [0.1, 0.15) is 76.4 Å². The van der Waals surface area contributed by atoms with Crippen molar-refractivity contribution < 1.29 is 38.5 Å². The molecule has 0 heterocycles. The summed E-state index contributed by atoms with van der Waals surface area (Å²) in [4.78, 5) is 50.1. The number of carboxylic acids is 1. The monoisotopic (exact) mass is 680 g/mol. The fraction of sp³-hybridized carbons (Fsp3) is 0.300. The summed E-state index contributed by atoms with van der Waals surface area (Å²) in [6.07, 6.45) is 5.93. The minimum absolute atomic E-state index is 0.00828. The minimum atomic E-state index is -1.21. The number of anilines is 1. The van der Waals surface area contributed by atoms with Gasteiger partial charge in [-0.1, -0.05) is 56.9 Å². The number of benzene rings is 4. The van der Waals surface area contributed by atoms with Crippen molar-refractivity contribution in [2.45, 2.75) is 64.8 Å². The van der Waals surface area contributed by atoms with E-state index < -0.39 is 23.9 Å². The van der Waals surface area contributed by atoms with Crippen LogP contribution in [0.15, 0.2) is 91.0 Å². The standard InChI is InChI=1S/C40H44N2O8/c1-4-5-6-7-8-23-49-33-20-14-31(15-21-33)40(47)50-34-18-9-28(10-19-34)25-35(39(45)46)42-38(44)30-12-16-32(17-13-30)41-37(43)26-29-11-22-36(48-3)27(2)24-29/h9-22,24,35H,4-8,23,25-26H2,1-3H3,(H,41,43)(H,42,44)(H,45,46)/t35-/m0/s1. The van der Waals surface area contributed by atoms with Gasteiger partial charge in [0.1, 0.15) is 23.3 Å². The van der Waals surface area contributed by atoms with Gasteiger partial charge in [0.15, 0.2) is 0 Å². The highest BCUT2D eigenvalue weighted by molar-refractivity contribution is 5.98. The quantitative estimate of drug-likeness (QED) is 0.0571. The van der Waals surface area contributed by atoms with Crippen LogP contribution in [0, 0.1) is 6.92 Å². The van der Waals surface area contributed by atoms with E-state index in [1.54, 1.807) is 67.8 Å². The molecule has 262 valence electrons. The van der Waals surface area contributed by atoms with Crippen molar-refractivity contribution in [2.24, 2.45) is 0 Å². The smallest absolute Gasteiger partial charge is 0.343 e. The second-order valence-electron chi connectivity index (χ2n) is 12.0. The second-order valence-corrected chi connectivity index (χ2v) is 12.0. The first-order valence-corrected chi connectivity index (χ1v) is 16.8. The molecule has 2 amide bonds. The van der Waals surface area contributed by atoms with Gasteiger partial charge in [-0.2, -0.15) is 0 Å². The van der Waals surface area contributed by atoms with Crippen LogP contribution >= 0.6 is 0 Å². The zero-order valence-electron chi connectivity index (χ0n) is 28.7. The van der Waals surface area contributed by atoms with Crippen LogP contribution in [-0.4, -0.2) is 48.6 Å². The SMILES string of the molecule is CCCCCCCOc1ccc(C(=O)Oc2ccc(C[C@H](NC(=O)c3ccc(NC(=O)Cc4ccc(OC)c(C)c4)cc3)C(=O)O)cc2)cc1. The molecular formula is C40H44N2O8. The Balaban J connectivity index is 1.24. The molecule has 0 aliphatic rings. The van der Waals surface area contributed by atoms with Gasteiger partial charge in [-0.15, -0.1) is 0 Å². The van der Waals surface area contributed by atoms with Crippen molar-refractivity contribution in [3.05, 3.63) is 119 Å². The first kappa shape index (κ1) is 37.2. The van der Waals surface area contributed by atoms with E-state index in [1.807, 2.05) is 25.1 Å². The Bertz CT molecular complexity index is 1740. The third-order valence-corrected chi connectivity index (χ3v) is 8.04. The van der Waals surface area contributed by atoms with Crippen LogP contribution in [0.5, 0.6) is 17.2 Å². The highest BCUT2D eigenvalue weighted by Gasteiger charge is 2.21. The number of hydrogen-bond acceptors (Lipinski definition) is 7. The van der Waals surface area contributed by atoms with Gasteiger partial charge in [-0.3, -0.25) is 9.59 Å². The van der Waals surface area contributed by atoms with Gasteiger partial charge in [-0.05, 0) is 96.8 Å². The van der Waals surface area contributed by atoms with Crippen molar-refractivity contribution in [3.63, 3.8) is 0 Å². The molecule has 10 nitrogen and oxygen atoms in total. The number of nitrogens with one attached hydrogen (secondary N) is 2. The average molecular weight is 681 g/mol. The zero-order valence-corrected chi connectivity index (χ0v) is 28.7. The van der Waals surface area contributed by atoms with Gasteiger partial charge < -0.3 is 30.0 Å². The summed E-state index contributed by atoms with van der Waals surface area (Å²) in [6.45, 7) is 4.72. The van der Waals surface area contributed by atoms with Gasteiger partial charge in [0.2, 0.25) is 5.91 Å². The summed E-state index contributed by atoms with van der Waals surface area (Å²) in [6, 6.07) is 23.7. The van der Waals surface area contributed by atoms with Crippen molar-refractivity contribution >= 4 is 29.4 Å². The lowest BCUT2D eigenvalue weighted by Crippen LogP contribution is -2.42. The number of carbonyl (C=O) groups is 4. The van der Waals surface area contributed by atoms with E-state index in [9.17, 15) is 24.3 Å². The summed E-state index contributed by atoms with van der Waals surface area (Å²) < 4.78 is 16.5. The fourth-order valence-corrected chi connectivity index (χ4v) is 5.27. The maximum atomic E-state index is 12.9. The van der Waals surface area contributed by atoms with Crippen LogP contribution in [0.4, 0.5) is 5.69 Å². The molecule has 0 bridgehead atoms. The van der Waals surface area contributed by atoms with Crippen LogP contribution in [0.25, 0.3) is 0 Å². The van der Waals surface area contributed by atoms with E-state index in [0.717, 1.165) is 29.7 Å². The Morgan fingerprint density at radius 1 is 0.760 bits per heavy atom. The predicted octanol–water partition coefficient (Wildman–Crippen LogP) is 7.18.